The summed E-state index contributed by atoms with van der Waals surface area (Å²) in [6.45, 7) is 8.16. The molecule has 4 aliphatic carbocycles. The number of carbonyl (C=O) groups is 1. The molecule has 0 aromatic heterocycles. The topological polar surface area (TPSA) is 87.0 Å². The van der Waals surface area contributed by atoms with Crippen LogP contribution in [-0.4, -0.2) is 39.8 Å². The first-order valence-electron chi connectivity index (χ1n) is 9.63. The molecule has 0 aromatic carbocycles. The first-order chi connectivity index (χ1) is 11.7. The van der Waals surface area contributed by atoms with Gasteiger partial charge in [0.25, 0.3) is 0 Å². The van der Waals surface area contributed by atoms with E-state index in [1.807, 2.05) is 6.92 Å². The van der Waals surface area contributed by atoms with E-state index in [1.54, 1.807) is 0 Å². The minimum absolute atomic E-state index is 0.0287. The highest BCUT2D eigenvalue weighted by molar-refractivity contribution is 5.79. The Hall–Kier alpha value is -0.910. The summed E-state index contributed by atoms with van der Waals surface area (Å²) in [6.07, 6.45) is 1.56. The molecule has 10 atom stereocenters. The fourth-order valence-electron chi connectivity index (χ4n) is 8.22. The fraction of sp³-hybridized carbons (Fsp3) is 0.850. The molecule has 5 heteroatoms. The second kappa shape index (κ2) is 4.49. The number of ether oxygens (including phenoxy) is 1. The number of hydrogen-bond donors (Lipinski definition) is 3. The summed E-state index contributed by atoms with van der Waals surface area (Å²) in [6, 6.07) is 0. The monoisotopic (exact) mass is 348 g/mol. The van der Waals surface area contributed by atoms with Crippen molar-refractivity contribution in [3.8, 4) is 0 Å². The fourth-order valence-corrected chi connectivity index (χ4v) is 8.22. The van der Waals surface area contributed by atoms with Crippen LogP contribution in [0.5, 0.6) is 0 Å². The molecule has 0 amide bonds. The van der Waals surface area contributed by atoms with Crippen molar-refractivity contribution >= 4 is 5.97 Å². The number of aliphatic hydroxyl groups is 3. The number of cyclic esters (lactones) is 1. The van der Waals surface area contributed by atoms with Gasteiger partial charge in [-0.3, -0.25) is 4.79 Å². The lowest BCUT2D eigenvalue weighted by molar-refractivity contribution is -0.163. The van der Waals surface area contributed by atoms with Gasteiger partial charge in [-0.15, -0.1) is 0 Å². The lowest BCUT2D eigenvalue weighted by Gasteiger charge is -2.53. The van der Waals surface area contributed by atoms with Crippen molar-refractivity contribution in [2.45, 2.75) is 64.4 Å². The van der Waals surface area contributed by atoms with Crippen LogP contribution in [0, 0.1) is 39.9 Å². The summed E-state index contributed by atoms with van der Waals surface area (Å²) < 4.78 is 5.28. The third kappa shape index (κ3) is 1.49. The van der Waals surface area contributed by atoms with Crippen molar-refractivity contribution in [3.05, 3.63) is 12.2 Å². The predicted octanol–water partition coefficient (Wildman–Crippen LogP) is 1.61. The van der Waals surface area contributed by atoms with Gasteiger partial charge in [0.1, 0.15) is 0 Å². The molecule has 0 aromatic rings. The standard InChI is InChI=1S/C20H28O5/c1-9-10-4-5-12-19(3)11(15(22)20(12,8-10)14(9)21)6-7-18(2)13(19)16(23)25-17(18)24/h10-16,21-23H,1,4-8H2,2-3H3/t10-,11+,12+,13-,14+,15+,16+,18-,19+,20+/m1/s1. The molecule has 5 fully saturated rings. The Morgan fingerprint density at radius 2 is 1.88 bits per heavy atom. The van der Waals surface area contributed by atoms with Crippen LogP contribution in [-0.2, 0) is 9.53 Å². The number of carbonyl (C=O) groups excluding carboxylic acids is 1. The van der Waals surface area contributed by atoms with Crippen molar-refractivity contribution < 1.29 is 24.9 Å². The van der Waals surface area contributed by atoms with Gasteiger partial charge in [0.15, 0.2) is 0 Å². The Kier molecular flexibility index (Phi) is 2.92. The summed E-state index contributed by atoms with van der Waals surface area (Å²) in [5.41, 5.74) is -0.830. The van der Waals surface area contributed by atoms with E-state index in [9.17, 15) is 20.1 Å². The zero-order valence-electron chi connectivity index (χ0n) is 14.9. The van der Waals surface area contributed by atoms with E-state index in [-0.39, 0.29) is 29.6 Å². The molecule has 5 aliphatic rings. The molecule has 1 heterocycles. The number of hydrogen-bond acceptors (Lipinski definition) is 5. The van der Waals surface area contributed by atoms with Gasteiger partial charge in [-0.25, -0.2) is 0 Å². The molecule has 1 spiro atoms. The van der Waals surface area contributed by atoms with Gasteiger partial charge in [-0.05, 0) is 67.8 Å². The largest absolute Gasteiger partial charge is 0.435 e. The van der Waals surface area contributed by atoms with Crippen LogP contribution in [0.2, 0.25) is 0 Å². The van der Waals surface area contributed by atoms with Crippen LogP contribution in [0.4, 0.5) is 0 Å². The highest BCUT2D eigenvalue weighted by Gasteiger charge is 2.78. The van der Waals surface area contributed by atoms with Gasteiger partial charge in [0.2, 0.25) is 6.29 Å². The Bertz CT molecular complexity index is 675. The minimum atomic E-state index is -1.12. The number of aliphatic hydroxyl groups excluding tert-OH is 3. The molecule has 5 nitrogen and oxygen atoms in total. The maximum Gasteiger partial charge on any atom is 0.314 e. The van der Waals surface area contributed by atoms with Crippen LogP contribution >= 0.6 is 0 Å². The van der Waals surface area contributed by atoms with Gasteiger partial charge in [-0.1, -0.05) is 13.5 Å². The van der Waals surface area contributed by atoms with Crippen LogP contribution < -0.4 is 0 Å². The molecular weight excluding hydrogens is 320 g/mol. The molecule has 1 aliphatic heterocycles. The Morgan fingerprint density at radius 1 is 1.16 bits per heavy atom. The quantitative estimate of drug-likeness (QED) is 0.457. The maximum absolute atomic E-state index is 12.5. The van der Waals surface area contributed by atoms with Crippen LogP contribution in [0.15, 0.2) is 12.2 Å². The highest BCUT2D eigenvalue weighted by atomic mass is 16.6. The molecule has 138 valence electrons. The first kappa shape index (κ1) is 16.3. The molecule has 4 saturated carbocycles. The summed E-state index contributed by atoms with van der Waals surface area (Å²) in [5, 5.41) is 33.1. The smallest absolute Gasteiger partial charge is 0.314 e. The predicted molar refractivity (Wildman–Crippen MR) is 88.9 cm³/mol. The second-order valence-electron chi connectivity index (χ2n) is 9.77. The van der Waals surface area contributed by atoms with E-state index in [4.69, 9.17) is 4.74 Å². The van der Waals surface area contributed by atoms with Gasteiger partial charge in [0.05, 0.1) is 17.6 Å². The van der Waals surface area contributed by atoms with E-state index in [1.165, 1.54) is 0 Å². The van der Waals surface area contributed by atoms with Crippen LogP contribution in [0.3, 0.4) is 0 Å². The highest BCUT2D eigenvalue weighted by Crippen LogP contribution is 2.76. The van der Waals surface area contributed by atoms with E-state index in [2.05, 4.69) is 13.5 Å². The van der Waals surface area contributed by atoms with Gasteiger partial charge in [-0.2, -0.15) is 0 Å². The Balaban J connectivity index is 1.69. The van der Waals surface area contributed by atoms with Gasteiger partial charge < -0.3 is 20.1 Å². The zero-order chi connectivity index (χ0) is 17.9. The Morgan fingerprint density at radius 3 is 2.60 bits per heavy atom. The van der Waals surface area contributed by atoms with E-state index >= 15 is 0 Å². The molecular formula is C20H28O5. The van der Waals surface area contributed by atoms with Crippen LogP contribution in [0.25, 0.3) is 0 Å². The third-order valence-electron chi connectivity index (χ3n) is 9.23. The van der Waals surface area contributed by atoms with E-state index < -0.39 is 34.7 Å². The number of fused-ring (bicyclic) bond motifs is 5. The third-order valence-corrected chi connectivity index (χ3v) is 9.23. The minimum Gasteiger partial charge on any atom is -0.435 e. The first-order valence-corrected chi connectivity index (χ1v) is 9.63. The molecule has 0 unspecified atom stereocenters. The number of esters is 1. The second-order valence-corrected chi connectivity index (χ2v) is 9.77. The SMILES string of the molecule is C=C1[C@@H]2CC[C@H]3[C@]4(C)[C@@H](CC[C@@]5(C)C(=O)O[C@H](O)[C@@H]45)[C@H](O)[C@]3(C2)[C@H]1O. The number of rotatable bonds is 0. The van der Waals surface area contributed by atoms with Crippen molar-refractivity contribution in [2.24, 2.45) is 39.9 Å². The lowest BCUT2D eigenvalue weighted by Crippen LogP contribution is -2.53. The summed E-state index contributed by atoms with van der Waals surface area (Å²) in [4.78, 5) is 12.5. The van der Waals surface area contributed by atoms with Gasteiger partial charge >= 0.3 is 5.97 Å². The molecule has 3 N–H and O–H groups in total. The Labute approximate surface area is 148 Å². The molecule has 5 rings (SSSR count). The zero-order valence-corrected chi connectivity index (χ0v) is 14.9. The van der Waals surface area contributed by atoms with E-state index in [0.717, 1.165) is 31.3 Å². The van der Waals surface area contributed by atoms with Crippen molar-refractivity contribution in [3.63, 3.8) is 0 Å². The normalized spacial score (nSPS) is 62.4. The lowest BCUT2D eigenvalue weighted by atomic mass is 9.49. The van der Waals surface area contributed by atoms with Crippen molar-refractivity contribution in [1.82, 2.24) is 0 Å². The van der Waals surface area contributed by atoms with E-state index in [0.29, 0.717) is 6.42 Å². The molecule has 0 radical (unpaired) electrons. The van der Waals surface area contributed by atoms with Gasteiger partial charge in [0, 0.05) is 11.3 Å². The summed E-state index contributed by atoms with van der Waals surface area (Å²) in [5.74, 6) is -0.325. The average molecular weight is 348 g/mol. The summed E-state index contributed by atoms with van der Waals surface area (Å²) >= 11 is 0. The molecule has 1 saturated heterocycles. The molecule has 25 heavy (non-hydrogen) atoms. The molecule has 2 bridgehead atoms. The average Bonchev–Trinajstić information content (AvgIpc) is 3.00. The summed E-state index contributed by atoms with van der Waals surface area (Å²) in [7, 11) is 0. The van der Waals surface area contributed by atoms with Crippen molar-refractivity contribution in [2.75, 3.05) is 0 Å². The van der Waals surface area contributed by atoms with Crippen LogP contribution in [0.1, 0.15) is 46.0 Å². The maximum atomic E-state index is 12.5. The van der Waals surface area contributed by atoms with Crippen molar-refractivity contribution in [1.29, 1.82) is 0 Å².